The van der Waals surface area contributed by atoms with E-state index >= 15 is 0 Å². The molecule has 0 aliphatic carbocycles. The van der Waals surface area contributed by atoms with E-state index in [1.165, 1.54) is 24.3 Å². The number of anilines is 2. The Labute approximate surface area is 188 Å². The molecule has 3 aromatic carbocycles. The second-order valence-electron chi connectivity index (χ2n) is 6.08. The van der Waals surface area contributed by atoms with E-state index in [1.807, 2.05) is 0 Å². The van der Waals surface area contributed by atoms with Gasteiger partial charge >= 0.3 is 0 Å². The highest BCUT2D eigenvalue weighted by Crippen LogP contribution is 2.23. The molecule has 3 aromatic rings. The van der Waals surface area contributed by atoms with E-state index in [9.17, 15) is 13.2 Å². The number of hydrogen-bond donors (Lipinski definition) is 2. The summed E-state index contributed by atoms with van der Waals surface area (Å²) in [6.07, 6.45) is 0. The van der Waals surface area contributed by atoms with Crippen molar-refractivity contribution >= 4 is 62.1 Å². The van der Waals surface area contributed by atoms with Crippen molar-refractivity contribution < 1.29 is 17.9 Å². The van der Waals surface area contributed by atoms with Crippen LogP contribution in [0.1, 0.15) is 0 Å². The van der Waals surface area contributed by atoms with Gasteiger partial charge in [0, 0.05) is 26.4 Å². The predicted molar refractivity (Wildman–Crippen MR) is 119 cm³/mol. The van der Waals surface area contributed by atoms with E-state index in [4.69, 9.17) is 39.5 Å². The average molecular weight is 486 g/mol. The third kappa shape index (κ3) is 6.27. The molecule has 0 radical (unpaired) electrons. The van der Waals surface area contributed by atoms with Crippen molar-refractivity contribution in [3.05, 3.63) is 81.8 Å². The van der Waals surface area contributed by atoms with Crippen LogP contribution in [0.2, 0.25) is 15.1 Å². The maximum Gasteiger partial charge on any atom is 0.262 e. The normalized spacial score (nSPS) is 11.0. The maximum atomic E-state index is 12.5. The topological polar surface area (TPSA) is 84.5 Å². The molecular weight excluding hydrogens is 471 g/mol. The number of nitrogens with one attached hydrogen (secondary N) is 2. The van der Waals surface area contributed by atoms with Crippen molar-refractivity contribution in [3.8, 4) is 5.75 Å². The molecule has 3 rings (SSSR count). The molecule has 0 saturated heterocycles. The van der Waals surface area contributed by atoms with Crippen LogP contribution in [0.5, 0.6) is 5.75 Å². The number of hydrogen-bond acceptors (Lipinski definition) is 4. The van der Waals surface area contributed by atoms with Gasteiger partial charge in [0.15, 0.2) is 6.61 Å². The molecule has 6 nitrogen and oxygen atoms in total. The first kappa shape index (κ1) is 22.2. The molecule has 0 bridgehead atoms. The number of halogens is 3. The lowest BCUT2D eigenvalue weighted by Crippen LogP contribution is -2.20. The third-order valence-electron chi connectivity index (χ3n) is 3.75. The Balaban J connectivity index is 1.58. The number of ether oxygens (including phenoxy) is 1. The fourth-order valence-corrected chi connectivity index (χ4v) is 4.13. The van der Waals surface area contributed by atoms with Crippen LogP contribution < -0.4 is 14.8 Å². The fraction of sp³-hybridized carbons (Fsp3) is 0.0500. The predicted octanol–water partition coefficient (Wildman–Crippen LogP) is 5.47. The summed E-state index contributed by atoms with van der Waals surface area (Å²) >= 11 is 17.6. The first-order valence-electron chi connectivity index (χ1n) is 8.48. The number of sulfonamides is 1. The highest BCUT2D eigenvalue weighted by Gasteiger charge is 2.14. The molecule has 0 atom stereocenters. The van der Waals surface area contributed by atoms with Gasteiger partial charge in [-0.15, -0.1) is 0 Å². The highest BCUT2D eigenvalue weighted by atomic mass is 35.5. The van der Waals surface area contributed by atoms with Gasteiger partial charge in [-0.25, -0.2) is 8.42 Å². The van der Waals surface area contributed by atoms with Crippen LogP contribution >= 0.6 is 34.8 Å². The Kier molecular flexibility index (Phi) is 7.10. The smallest absolute Gasteiger partial charge is 0.262 e. The fourth-order valence-electron chi connectivity index (χ4n) is 2.42. The summed E-state index contributed by atoms with van der Waals surface area (Å²) in [5.74, 6) is -0.0887. The molecule has 2 N–H and O–H groups in total. The van der Waals surface area contributed by atoms with Gasteiger partial charge in [0.1, 0.15) is 5.75 Å². The van der Waals surface area contributed by atoms with Crippen molar-refractivity contribution in [2.24, 2.45) is 0 Å². The van der Waals surface area contributed by atoms with Gasteiger partial charge in [-0.2, -0.15) is 0 Å². The van der Waals surface area contributed by atoms with Gasteiger partial charge < -0.3 is 10.1 Å². The minimum absolute atomic E-state index is 0.0443. The molecule has 0 saturated carbocycles. The summed E-state index contributed by atoms with van der Waals surface area (Å²) in [6.45, 7) is -0.279. The van der Waals surface area contributed by atoms with Crippen molar-refractivity contribution in [3.63, 3.8) is 0 Å². The lowest BCUT2D eigenvalue weighted by atomic mass is 10.3. The van der Waals surface area contributed by atoms with E-state index < -0.39 is 15.9 Å². The molecule has 0 fully saturated rings. The first-order chi connectivity index (χ1) is 14.2. The standard InChI is InChI=1S/C20H15Cl3N2O4S/c21-13-1-3-16(4-2-13)25-30(27,28)19-7-5-18(6-8-19)29-12-20(26)24-17-10-14(22)9-15(23)11-17/h1-11,25H,12H2,(H,24,26). The maximum absolute atomic E-state index is 12.5. The summed E-state index contributed by atoms with van der Waals surface area (Å²) in [4.78, 5) is 12.1. The SMILES string of the molecule is O=C(COc1ccc(S(=O)(=O)Nc2ccc(Cl)cc2)cc1)Nc1cc(Cl)cc(Cl)c1. The molecule has 0 heterocycles. The van der Waals surface area contributed by atoms with Crippen LogP contribution in [0.25, 0.3) is 0 Å². The summed E-state index contributed by atoms with van der Waals surface area (Å²) in [7, 11) is -3.78. The van der Waals surface area contributed by atoms with E-state index in [2.05, 4.69) is 10.0 Å². The van der Waals surface area contributed by atoms with Gasteiger partial charge in [0.05, 0.1) is 4.90 Å². The minimum Gasteiger partial charge on any atom is -0.484 e. The van der Waals surface area contributed by atoms with E-state index in [0.717, 1.165) is 0 Å². The van der Waals surface area contributed by atoms with Crippen molar-refractivity contribution in [1.29, 1.82) is 0 Å². The van der Waals surface area contributed by atoms with Gasteiger partial charge in [-0.3, -0.25) is 9.52 Å². The Morgan fingerprint density at radius 3 is 2.00 bits per heavy atom. The monoisotopic (exact) mass is 484 g/mol. The Hall–Kier alpha value is -2.45. The number of rotatable bonds is 7. The van der Waals surface area contributed by atoms with Crippen LogP contribution in [0.4, 0.5) is 11.4 Å². The summed E-state index contributed by atoms with van der Waals surface area (Å²) in [6, 6.07) is 16.6. The average Bonchev–Trinajstić information content (AvgIpc) is 2.67. The lowest BCUT2D eigenvalue weighted by Gasteiger charge is -2.10. The first-order valence-corrected chi connectivity index (χ1v) is 11.1. The van der Waals surface area contributed by atoms with E-state index in [1.54, 1.807) is 42.5 Å². The third-order valence-corrected chi connectivity index (χ3v) is 5.83. The van der Waals surface area contributed by atoms with Crippen LogP contribution in [-0.4, -0.2) is 20.9 Å². The van der Waals surface area contributed by atoms with Gasteiger partial charge in [0.2, 0.25) is 0 Å². The molecule has 156 valence electrons. The zero-order valence-corrected chi connectivity index (χ0v) is 18.3. The summed E-state index contributed by atoms with van der Waals surface area (Å²) in [5, 5.41) is 3.90. The molecule has 0 spiro atoms. The number of amides is 1. The minimum atomic E-state index is -3.78. The second kappa shape index (κ2) is 9.57. The van der Waals surface area contributed by atoms with Crippen molar-refractivity contribution in [2.45, 2.75) is 4.90 Å². The van der Waals surface area contributed by atoms with Crippen LogP contribution in [0.15, 0.2) is 71.6 Å². The molecule has 0 unspecified atom stereocenters. The van der Waals surface area contributed by atoms with Gasteiger partial charge in [-0.05, 0) is 66.7 Å². The number of carbonyl (C=O) groups excluding carboxylic acids is 1. The molecule has 0 aliphatic heterocycles. The molecule has 0 aromatic heterocycles. The number of carbonyl (C=O) groups is 1. The summed E-state index contributed by atoms with van der Waals surface area (Å²) in [5.41, 5.74) is 0.827. The van der Waals surface area contributed by atoms with Crippen LogP contribution in [0.3, 0.4) is 0 Å². The second-order valence-corrected chi connectivity index (χ2v) is 9.07. The molecular formula is C20H15Cl3N2O4S. The van der Waals surface area contributed by atoms with Crippen LogP contribution in [-0.2, 0) is 14.8 Å². The van der Waals surface area contributed by atoms with Crippen molar-refractivity contribution in [2.75, 3.05) is 16.6 Å². The Morgan fingerprint density at radius 1 is 0.800 bits per heavy atom. The largest absolute Gasteiger partial charge is 0.484 e. The Bertz CT molecular complexity index is 1130. The molecule has 30 heavy (non-hydrogen) atoms. The van der Waals surface area contributed by atoms with Crippen molar-refractivity contribution in [1.82, 2.24) is 0 Å². The zero-order chi connectivity index (χ0) is 21.7. The summed E-state index contributed by atoms with van der Waals surface area (Å²) < 4.78 is 32.7. The highest BCUT2D eigenvalue weighted by molar-refractivity contribution is 7.92. The van der Waals surface area contributed by atoms with E-state index in [-0.39, 0.29) is 11.5 Å². The number of benzene rings is 3. The molecule has 1 amide bonds. The van der Waals surface area contributed by atoms with Gasteiger partial charge in [-0.1, -0.05) is 34.8 Å². The molecule has 10 heteroatoms. The lowest BCUT2D eigenvalue weighted by molar-refractivity contribution is -0.118. The van der Waals surface area contributed by atoms with E-state index in [0.29, 0.717) is 32.2 Å². The van der Waals surface area contributed by atoms with Gasteiger partial charge in [0.25, 0.3) is 15.9 Å². The molecule has 0 aliphatic rings. The quantitative estimate of drug-likeness (QED) is 0.465. The van der Waals surface area contributed by atoms with Crippen LogP contribution in [0, 0.1) is 0 Å². The Morgan fingerprint density at radius 2 is 1.40 bits per heavy atom. The zero-order valence-electron chi connectivity index (χ0n) is 15.2.